The molecule has 0 saturated heterocycles. The second-order valence-corrected chi connectivity index (χ2v) is 3.44. The van der Waals surface area contributed by atoms with E-state index < -0.39 is 0 Å². The zero-order valence-electron chi connectivity index (χ0n) is 8.56. The minimum atomic E-state index is 0.518. The number of hydrogen-bond donors (Lipinski definition) is 1. The van der Waals surface area contributed by atoms with Crippen LogP contribution in [0.25, 0.3) is 0 Å². The normalized spacial score (nSPS) is 15.2. The maximum absolute atomic E-state index is 5.25. The predicted octanol–water partition coefficient (Wildman–Crippen LogP) is 2.42. The average molecular weight is 167 g/mol. The summed E-state index contributed by atoms with van der Waals surface area (Å²) in [5, 5.41) is 3.48. The lowest BCUT2D eigenvalue weighted by Gasteiger charge is -2.16. The SMILES string of the molecule is C#CCC(CC)NCC(C)CC. The first kappa shape index (κ1) is 11.5. The third-order valence-electron chi connectivity index (χ3n) is 2.31. The zero-order valence-corrected chi connectivity index (χ0v) is 8.56. The summed E-state index contributed by atoms with van der Waals surface area (Å²) in [7, 11) is 0. The Balaban J connectivity index is 3.51. The van der Waals surface area contributed by atoms with E-state index in [0.29, 0.717) is 6.04 Å². The molecule has 0 fully saturated rings. The Kier molecular flexibility index (Phi) is 6.90. The van der Waals surface area contributed by atoms with E-state index in [0.717, 1.165) is 25.3 Å². The Morgan fingerprint density at radius 1 is 1.33 bits per heavy atom. The average Bonchev–Trinajstić information content (AvgIpc) is 2.11. The molecule has 0 radical (unpaired) electrons. The largest absolute Gasteiger partial charge is 0.313 e. The molecule has 1 heteroatoms. The van der Waals surface area contributed by atoms with Crippen LogP contribution >= 0.6 is 0 Å². The van der Waals surface area contributed by atoms with Gasteiger partial charge in [0.2, 0.25) is 0 Å². The number of nitrogens with one attached hydrogen (secondary N) is 1. The Morgan fingerprint density at radius 3 is 2.42 bits per heavy atom. The van der Waals surface area contributed by atoms with E-state index in [9.17, 15) is 0 Å². The van der Waals surface area contributed by atoms with Crippen LogP contribution in [0, 0.1) is 18.3 Å². The Morgan fingerprint density at radius 2 is 2.00 bits per heavy atom. The van der Waals surface area contributed by atoms with E-state index in [1.54, 1.807) is 0 Å². The van der Waals surface area contributed by atoms with Crippen LogP contribution in [0.3, 0.4) is 0 Å². The molecule has 2 unspecified atom stereocenters. The maximum atomic E-state index is 5.25. The Bertz CT molecular complexity index is 134. The molecule has 0 heterocycles. The van der Waals surface area contributed by atoms with Gasteiger partial charge < -0.3 is 5.32 Å². The van der Waals surface area contributed by atoms with Crippen LogP contribution in [0.15, 0.2) is 0 Å². The number of terminal acetylenes is 1. The summed E-state index contributed by atoms with van der Waals surface area (Å²) < 4.78 is 0. The van der Waals surface area contributed by atoms with Gasteiger partial charge in [0, 0.05) is 12.5 Å². The standard InChI is InChI=1S/C11H21N/c1-5-8-11(7-3)12-9-10(4)6-2/h1,10-12H,6-9H2,2-4H3. The first-order chi connectivity index (χ1) is 5.74. The van der Waals surface area contributed by atoms with Crippen molar-refractivity contribution in [2.75, 3.05) is 6.54 Å². The first-order valence-electron chi connectivity index (χ1n) is 4.91. The van der Waals surface area contributed by atoms with Crippen molar-refractivity contribution in [3.63, 3.8) is 0 Å². The molecule has 12 heavy (non-hydrogen) atoms. The van der Waals surface area contributed by atoms with Gasteiger partial charge in [0.1, 0.15) is 0 Å². The molecule has 2 atom stereocenters. The minimum Gasteiger partial charge on any atom is -0.313 e. The molecular weight excluding hydrogens is 146 g/mol. The summed E-state index contributed by atoms with van der Waals surface area (Å²) in [6.45, 7) is 7.74. The second-order valence-electron chi connectivity index (χ2n) is 3.44. The highest BCUT2D eigenvalue weighted by Crippen LogP contribution is 2.01. The molecule has 0 saturated carbocycles. The van der Waals surface area contributed by atoms with Gasteiger partial charge in [-0.05, 0) is 18.9 Å². The van der Waals surface area contributed by atoms with E-state index >= 15 is 0 Å². The molecule has 1 nitrogen and oxygen atoms in total. The Hall–Kier alpha value is -0.480. The van der Waals surface area contributed by atoms with Crippen LogP contribution in [0.1, 0.15) is 40.0 Å². The van der Waals surface area contributed by atoms with Crippen LogP contribution in [-0.4, -0.2) is 12.6 Å². The van der Waals surface area contributed by atoms with E-state index in [2.05, 4.69) is 32.0 Å². The second kappa shape index (κ2) is 7.18. The van der Waals surface area contributed by atoms with Crippen molar-refractivity contribution in [1.29, 1.82) is 0 Å². The lowest BCUT2D eigenvalue weighted by molar-refractivity contribution is 0.433. The van der Waals surface area contributed by atoms with Gasteiger partial charge in [-0.1, -0.05) is 27.2 Å². The van der Waals surface area contributed by atoms with Crippen molar-refractivity contribution in [3.8, 4) is 12.3 Å². The molecule has 0 aromatic carbocycles. The van der Waals surface area contributed by atoms with Crippen molar-refractivity contribution < 1.29 is 0 Å². The van der Waals surface area contributed by atoms with Gasteiger partial charge >= 0.3 is 0 Å². The molecule has 0 aromatic rings. The van der Waals surface area contributed by atoms with Gasteiger partial charge in [-0.25, -0.2) is 0 Å². The van der Waals surface area contributed by atoms with Crippen LogP contribution in [-0.2, 0) is 0 Å². The molecule has 0 spiro atoms. The summed E-state index contributed by atoms with van der Waals surface area (Å²) in [6.07, 6.45) is 8.47. The third-order valence-corrected chi connectivity index (χ3v) is 2.31. The molecule has 0 bridgehead atoms. The molecule has 0 aliphatic carbocycles. The van der Waals surface area contributed by atoms with E-state index in [1.807, 2.05) is 0 Å². The Labute approximate surface area is 76.9 Å². The highest BCUT2D eigenvalue weighted by atomic mass is 14.9. The molecule has 1 N–H and O–H groups in total. The van der Waals surface area contributed by atoms with Gasteiger partial charge in [0.15, 0.2) is 0 Å². The van der Waals surface area contributed by atoms with Gasteiger partial charge in [0.25, 0.3) is 0 Å². The van der Waals surface area contributed by atoms with Crippen LogP contribution in [0.2, 0.25) is 0 Å². The first-order valence-corrected chi connectivity index (χ1v) is 4.91. The van der Waals surface area contributed by atoms with Crippen molar-refractivity contribution >= 4 is 0 Å². The fourth-order valence-electron chi connectivity index (χ4n) is 1.02. The predicted molar refractivity (Wildman–Crippen MR) is 55.0 cm³/mol. The summed E-state index contributed by atoms with van der Waals surface area (Å²) in [5.41, 5.74) is 0. The molecule has 0 rings (SSSR count). The highest BCUT2D eigenvalue weighted by Gasteiger charge is 2.04. The number of rotatable bonds is 6. The van der Waals surface area contributed by atoms with Gasteiger partial charge in [-0.3, -0.25) is 0 Å². The zero-order chi connectivity index (χ0) is 9.40. The molecule has 0 aromatic heterocycles. The van der Waals surface area contributed by atoms with Crippen LogP contribution in [0.5, 0.6) is 0 Å². The van der Waals surface area contributed by atoms with E-state index in [4.69, 9.17) is 6.42 Å². The molecule has 70 valence electrons. The summed E-state index contributed by atoms with van der Waals surface area (Å²) >= 11 is 0. The van der Waals surface area contributed by atoms with Crippen molar-refractivity contribution in [2.45, 2.75) is 46.1 Å². The monoisotopic (exact) mass is 167 g/mol. The summed E-state index contributed by atoms with van der Waals surface area (Å²) in [6, 6.07) is 0.518. The summed E-state index contributed by atoms with van der Waals surface area (Å²) in [5.74, 6) is 3.46. The third kappa shape index (κ3) is 5.21. The molecule has 0 aliphatic rings. The summed E-state index contributed by atoms with van der Waals surface area (Å²) in [4.78, 5) is 0. The van der Waals surface area contributed by atoms with Crippen molar-refractivity contribution in [3.05, 3.63) is 0 Å². The van der Waals surface area contributed by atoms with E-state index in [1.165, 1.54) is 6.42 Å². The van der Waals surface area contributed by atoms with E-state index in [-0.39, 0.29) is 0 Å². The number of hydrogen-bond acceptors (Lipinski definition) is 1. The van der Waals surface area contributed by atoms with Gasteiger partial charge in [-0.15, -0.1) is 12.3 Å². The van der Waals surface area contributed by atoms with Gasteiger partial charge in [-0.2, -0.15) is 0 Å². The van der Waals surface area contributed by atoms with Crippen LogP contribution < -0.4 is 5.32 Å². The lowest BCUT2D eigenvalue weighted by atomic mass is 10.1. The van der Waals surface area contributed by atoms with Crippen LogP contribution in [0.4, 0.5) is 0 Å². The highest BCUT2D eigenvalue weighted by molar-refractivity contribution is 4.89. The van der Waals surface area contributed by atoms with Gasteiger partial charge in [0.05, 0.1) is 0 Å². The fourth-order valence-corrected chi connectivity index (χ4v) is 1.02. The lowest BCUT2D eigenvalue weighted by Crippen LogP contribution is -2.31. The molecule has 0 aliphatic heterocycles. The van der Waals surface area contributed by atoms with Crippen molar-refractivity contribution in [1.82, 2.24) is 5.32 Å². The smallest absolute Gasteiger partial charge is 0.0240 e. The quantitative estimate of drug-likeness (QED) is 0.599. The minimum absolute atomic E-state index is 0.518. The molecule has 0 amide bonds. The fraction of sp³-hybridized carbons (Fsp3) is 0.818. The maximum Gasteiger partial charge on any atom is 0.0240 e. The van der Waals surface area contributed by atoms with Crippen molar-refractivity contribution in [2.24, 2.45) is 5.92 Å². The topological polar surface area (TPSA) is 12.0 Å². The molecular formula is C11H21N.